The molecule has 0 unspecified atom stereocenters. The molecule has 1 aromatic heterocycles. The van der Waals surface area contributed by atoms with Gasteiger partial charge in [-0.05, 0) is 38.8 Å². The zero-order valence-corrected chi connectivity index (χ0v) is 12.9. The SMILES string of the molecule is CCN(CC)C(=O)Cn1c(C2CCC2)nc2ccccc21. The van der Waals surface area contributed by atoms with Crippen LogP contribution in [-0.4, -0.2) is 33.4 Å². The Bertz CT molecular complexity index is 639. The molecular weight excluding hydrogens is 262 g/mol. The van der Waals surface area contributed by atoms with Gasteiger partial charge in [-0.2, -0.15) is 0 Å². The van der Waals surface area contributed by atoms with E-state index in [4.69, 9.17) is 4.98 Å². The summed E-state index contributed by atoms with van der Waals surface area (Å²) in [5, 5.41) is 0. The van der Waals surface area contributed by atoms with Crippen molar-refractivity contribution in [2.24, 2.45) is 0 Å². The molecule has 0 N–H and O–H groups in total. The molecule has 0 atom stereocenters. The van der Waals surface area contributed by atoms with Gasteiger partial charge >= 0.3 is 0 Å². The maximum Gasteiger partial charge on any atom is 0.242 e. The van der Waals surface area contributed by atoms with Crippen LogP contribution in [0.1, 0.15) is 44.9 Å². The van der Waals surface area contributed by atoms with Crippen LogP contribution in [0.15, 0.2) is 24.3 Å². The number of aromatic nitrogens is 2. The largest absolute Gasteiger partial charge is 0.342 e. The molecule has 21 heavy (non-hydrogen) atoms. The van der Waals surface area contributed by atoms with E-state index in [1.165, 1.54) is 19.3 Å². The van der Waals surface area contributed by atoms with Gasteiger partial charge in [-0.3, -0.25) is 4.79 Å². The number of hydrogen-bond donors (Lipinski definition) is 0. The van der Waals surface area contributed by atoms with Crippen molar-refractivity contribution in [3.8, 4) is 0 Å². The first-order chi connectivity index (χ1) is 10.2. The molecule has 3 rings (SSSR count). The average Bonchev–Trinajstić information content (AvgIpc) is 2.77. The number of likely N-dealkylation sites (N-methyl/N-ethyl adjacent to an activating group) is 1. The number of hydrogen-bond acceptors (Lipinski definition) is 2. The highest BCUT2D eigenvalue weighted by atomic mass is 16.2. The van der Waals surface area contributed by atoms with Gasteiger partial charge in [0.1, 0.15) is 12.4 Å². The van der Waals surface area contributed by atoms with E-state index in [2.05, 4.69) is 10.6 Å². The predicted molar refractivity (Wildman–Crippen MR) is 84.3 cm³/mol. The fourth-order valence-electron chi connectivity index (χ4n) is 3.05. The molecule has 1 heterocycles. The lowest BCUT2D eigenvalue weighted by atomic mass is 9.85. The van der Waals surface area contributed by atoms with Gasteiger partial charge in [0, 0.05) is 19.0 Å². The summed E-state index contributed by atoms with van der Waals surface area (Å²) in [7, 11) is 0. The number of carbonyl (C=O) groups is 1. The molecule has 4 heteroatoms. The Labute approximate surface area is 125 Å². The molecule has 1 aliphatic rings. The Hall–Kier alpha value is -1.84. The van der Waals surface area contributed by atoms with Crippen molar-refractivity contribution >= 4 is 16.9 Å². The molecular formula is C17H23N3O. The Morgan fingerprint density at radius 1 is 1.29 bits per heavy atom. The van der Waals surface area contributed by atoms with Crippen LogP contribution in [0, 0.1) is 0 Å². The Morgan fingerprint density at radius 2 is 2.00 bits per heavy atom. The van der Waals surface area contributed by atoms with E-state index in [-0.39, 0.29) is 5.91 Å². The van der Waals surface area contributed by atoms with Crippen LogP contribution in [0.4, 0.5) is 0 Å². The number of rotatable bonds is 5. The van der Waals surface area contributed by atoms with Crippen LogP contribution in [0.2, 0.25) is 0 Å². The monoisotopic (exact) mass is 285 g/mol. The highest BCUT2D eigenvalue weighted by molar-refractivity contribution is 5.81. The van der Waals surface area contributed by atoms with Crippen molar-refractivity contribution in [1.82, 2.24) is 14.5 Å². The normalized spacial score (nSPS) is 15.1. The number of fused-ring (bicyclic) bond motifs is 1. The minimum Gasteiger partial charge on any atom is -0.342 e. The second-order valence-electron chi connectivity index (χ2n) is 5.74. The predicted octanol–water partition coefficient (Wildman–Crippen LogP) is 3.17. The minimum absolute atomic E-state index is 0.184. The van der Waals surface area contributed by atoms with Crippen LogP contribution in [0.3, 0.4) is 0 Å². The summed E-state index contributed by atoms with van der Waals surface area (Å²) >= 11 is 0. The van der Waals surface area contributed by atoms with E-state index < -0.39 is 0 Å². The molecule has 2 aromatic rings. The van der Waals surface area contributed by atoms with E-state index >= 15 is 0 Å². The molecule has 0 aliphatic heterocycles. The van der Waals surface area contributed by atoms with Crippen LogP contribution in [0.5, 0.6) is 0 Å². The molecule has 0 radical (unpaired) electrons. The van der Waals surface area contributed by atoms with Gasteiger partial charge in [0.2, 0.25) is 5.91 Å². The number of benzene rings is 1. The van der Waals surface area contributed by atoms with Gasteiger partial charge in [-0.15, -0.1) is 0 Å². The van der Waals surface area contributed by atoms with E-state index in [1.54, 1.807) is 0 Å². The molecule has 1 aliphatic carbocycles. The van der Waals surface area contributed by atoms with Crippen LogP contribution in [-0.2, 0) is 11.3 Å². The first-order valence-electron chi connectivity index (χ1n) is 7.97. The van der Waals surface area contributed by atoms with Crippen molar-refractivity contribution in [2.45, 2.75) is 45.6 Å². The molecule has 1 aromatic carbocycles. The first-order valence-corrected chi connectivity index (χ1v) is 7.97. The maximum atomic E-state index is 12.5. The molecule has 0 spiro atoms. The van der Waals surface area contributed by atoms with E-state index in [0.29, 0.717) is 12.5 Å². The summed E-state index contributed by atoms with van der Waals surface area (Å²) in [6, 6.07) is 8.14. The standard InChI is InChI=1S/C17H23N3O/c1-3-19(4-2)16(21)12-20-15-11-6-5-10-14(15)18-17(20)13-8-7-9-13/h5-6,10-11,13H,3-4,7-9,12H2,1-2H3. The number of carbonyl (C=O) groups excluding carboxylic acids is 1. The van der Waals surface area contributed by atoms with Crippen LogP contribution < -0.4 is 0 Å². The molecule has 1 amide bonds. The maximum absolute atomic E-state index is 12.5. The van der Waals surface area contributed by atoms with Gasteiger partial charge in [0.15, 0.2) is 0 Å². The quantitative estimate of drug-likeness (QED) is 0.846. The highest BCUT2D eigenvalue weighted by Crippen LogP contribution is 2.37. The summed E-state index contributed by atoms with van der Waals surface area (Å²) in [4.78, 5) is 19.2. The Kier molecular flexibility index (Phi) is 3.95. The molecule has 0 bridgehead atoms. The average molecular weight is 285 g/mol. The Morgan fingerprint density at radius 3 is 2.62 bits per heavy atom. The highest BCUT2D eigenvalue weighted by Gasteiger charge is 2.26. The summed E-state index contributed by atoms with van der Waals surface area (Å²) in [6.45, 7) is 6.00. The van der Waals surface area contributed by atoms with Crippen molar-refractivity contribution in [1.29, 1.82) is 0 Å². The molecule has 112 valence electrons. The lowest BCUT2D eigenvalue weighted by Gasteiger charge is -2.26. The van der Waals surface area contributed by atoms with Gasteiger partial charge in [-0.1, -0.05) is 18.6 Å². The summed E-state index contributed by atoms with van der Waals surface area (Å²) in [6.07, 6.45) is 3.67. The summed E-state index contributed by atoms with van der Waals surface area (Å²) < 4.78 is 2.14. The van der Waals surface area contributed by atoms with Gasteiger partial charge in [-0.25, -0.2) is 4.98 Å². The minimum atomic E-state index is 0.184. The van der Waals surface area contributed by atoms with Crippen molar-refractivity contribution < 1.29 is 4.79 Å². The fraction of sp³-hybridized carbons (Fsp3) is 0.529. The van der Waals surface area contributed by atoms with Gasteiger partial charge in [0.05, 0.1) is 11.0 Å². The number of imidazole rings is 1. The number of amides is 1. The van der Waals surface area contributed by atoms with Crippen molar-refractivity contribution in [3.63, 3.8) is 0 Å². The zero-order valence-electron chi connectivity index (χ0n) is 12.9. The molecule has 1 saturated carbocycles. The third-order valence-electron chi connectivity index (χ3n) is 4.56. The zero-order chi connectivity index (χ0) is 14.8. The van der Waals surface area contributed by atoms with Crippen molar-refractivity contribution in [3.05, 3.63) is 30.1 Å². The molecule has 0 saturated heterocycles. The van der Waals surface area contributed by atoms with E-state index in [9.17, 15) is 4.79 Å². The van der Waals surface area contributed by atoms with Crippen LogP contribution >= 0.6 is 0 Å². The topological polar surface area (TPSA) is 38.1 Å². The van der Waals surface area contributed by atoms with E-state index in [0.717, 1.165) is 29.9 Å². The third-order valence-corrected chi connectivity index (χ3v) is 4.56. The summed E-state index contributed by atoms with van der Waals surface area (Å²) in [5.41, 5.74) is 2.09. The second kappa shape index (κ2) is 5.88. The van der Waals surface area contributed by atoms with E-state index in [1.807, 2.05) is 36.9 Å². The fourth-order valence-corrected chi connectivity index (χ4v) is 3.05. The van der Waals surface area contributed by atoms with Gasteiger partial charge < -0.3 is 9.47 Å². The molecule has 1 fully saturated rings. The lowest BCUT2D eigenvalue weighted by molar-refractivity contribution is -0.131. The molecule has 4 nitrogen and oxygen atoms in total. The lowest BCUT2D eigenvalue weighted by Crippen LogP contribution is -2.34. The van der Waals surface area contributed by atoms with Crippen molar-refractivity contribution in [2.75, 3.05) is 13.1 Å². The summed E-state index contributed by atoms with van der Waals surface area (Å²) in [5.74, 6) is 1.81. The first kappa shape index (κ1) is 14.1. The smallest absolute Gasteiger partial charge is 0.242 e. The second-order valence-corrected chi connectivity index (χ2v) is 5.74. The number of nitrogens with zero attached hydrogens (tertiary/aromatic N) is 3. The van der Waals surface area contributed by atoms with Crippen LogP contribution in [0.25, 0.3) is 11.0 Å². The van der Waals surface area contributed by atoms with Gasteiger partial charge in [0.25, 0.3) is 0 Å². The number of para-hydroxylation sites is 2. The Balaban J connectivity index is 1.97. The third kappa shape index (κ3) is 2.55.